The fraction of sp³-hybridized carbons (Fsp3) is 0.571. The highest BCUT2D eigenvalue weighted by atomic mass is 32.2. The molecule has 1 atom stereocenters. The summed E-state index contributed by atoms with van der Waals surface area (Å²) in [5.74, 6) is 0.363. The third-order valence-corrected chi connectivity index (χ3v) is 11.3. The fourth-order valence-electron chi connectivity index (χ4n) is 7.38. The second-order valence-corrected chi connectivity index (χ2v) is 14.4. The number of hydrogen-bond acceptors (Lipinski definition) is 9. The van der Waals surface area contributed by atoms with Crippen molar-refractivity contribution in [3.63, 3.8) is 0 Å². The molecule has 0 bridgehead atoms. The van der Waals surface area contributed by atoms with Crippen molar-refractivity contribution in [3.8, 4) is 0 Å². The first-order valence-electron chi connectivity index (χ1n) is 17.0. The van der Waals surface area contributed by atoms with Crippen molar-refractivity contribution in [2.75, 3.05) is 75.8 Å². The predicted octanol–water partition coefficient (Wildman–Crippen LogP) is 3.20. The van der Waals surface area contributed by atoms with Crippen LogP contribution in [0.1, 0.15) is 54.4 Å². The molecule has 3 saturated heterocycles. The van der Waals surface area contributed by atoms with Crippen LogP contribution in [0.3, 0.4) is 0 Å². The number of anilines is 2. The molecule has 2 aromatic rings. The number of piperidine rings is 2. The van der Waals surface area contributed by atoms with E-state index in [0.717, 1.165) is 95.2 Å². The van der Waals surface area contributed by atoms with Crippen LogP contribution in [-0.4, -0.2) is 110 Å². The number of hydrogen-bond donors (Lipinski definition) is 2. The molecule has 0 saturated carbocycles. The average molecular weight is 648 g/mol. The Morgan fingerprint density at radius 2 is 1.67 bits per heavy atom. The SMILES string of the molecule is CNC(=O)C(CCC=O)N1Cc2cc(N3CCN(CC4CCN(c5cccc(SN6CCC(N)CC6)c5)CC4)CC3)ccc2C1=O. The van der Waals surface area contributed by atoms with Gasteiger partial charge in [0.15, 0.2) is 0 Å². The first-order valence-corrected chi connectivity index (χ1v) is 17.8. The van der Waals surface area contributed by atoms with Crippen LogP contribution in [0.2, 0.25) is 0 Å². The maximum atomic E-state index is 13.2. The van der Waals surface area contributed by atoms with Crippen LogP contribution >= 0.6 is 11.9 Å². The minimum Gasteiger partial charge on any atom is -0.371 e. The van der Waals surface area contributed by atoms with E-state index in [9.17, 15) is 14.4 Å². The van der Waals surface area contributed by atoms with E-state index in [-0.39, 0.29) is 18.2 Å². The Kier molecular flexibility index (Phi) is 10.8. The third-order valence-electron chi connectivity index (χ3n) is 10.2. The lowest BCUT2D eigenvalue weighted by molar-refractivity contribution is -0.125. The zero-order valence-corrected chi connectivity index (χ0v) is 27.9. The van der Waals surface area contributed by atoms with Crippen molar-refractivity contribution in [3.05, 3.63) is 53.6 Å². The summed E-state index contributed by atoms with van der Waals surface area (Å²) in [7, 11) is 1.57. The average Bonchev–Trinajstić information content (AvgIpc) is 3.41. The second kappa shape index (κ2) is 15.2. The highest BCUT2D eigenvalue weighted by Crippen LogP contribution is 2.32. The van der Waals surface area contributed by atoms with Crippen molar-refractivity contribution >= 4 is 41.4 Å². The minimum absolute atomic E-state index is 0.133. The number of benzene rings is 2. The van der Waals surface area contributed by atoms with E-state index in [4.69, 9.17) is 5.73 Å². The number of likely N-dealkylation sites (N-methyl/N-ethyl adjacent to an activating group) is 1. The van der Waals surface area contributed by atoms with Gasteiger partial charge in [0.2, 0.25) is 5.91 Å². The molecule has 0 aliphatic carbocycles. The topological polar surface area (TPSA) is 105 Å². The van der Waals surface area contributed by atoms with Crippen LogP contribution in [0.15, 0.2) is 47.4 Å². The monoisotopic (exact) mass is 647 g/mol. The first-order chi connectivity index (χ1) is 22.4. The molecule has 3 fully saturated rings. The van der Waals surface area contributed by atoms with Crippen molar-refractivity contribution in [1.29, 1.82) is 0 Å². The van der Waals surface area contributed by atoms with Gasteiger partial charge < -0.3 is 30.5 Å². The predicted molar refractivity (Wildman–Crippen MR) is 184 cm³/mol. The molecule has 2 aromatic carbocycles. The number of carbonyl (C=O) groups excluding carboxylic acids is 3. The van der Waals surface area contributed by atoms with Crippen LogP contribution in [-0.2, 0) is 16.1 Å². The number of amides is 2. The summed E-state index contributed by atoms with van der Waals surface area (Å²) < 4.78 is 2.46. The van der Waals surface area contributed by atoms with Crippen molar-refractivity contribution in [1.82, 2.24) is 19.4 Å². The Labute approximate surface area is 277 Å². The molecule has 10 nitrogen and oxygen atoms in total. The van der Waals surface area contributed by atoms with Gasteiger partial charge in [0.05, 0.1) is 0 Å². The second-order valence-electron chi connectivity index (χ2n) is 13.2. The number of nitrogens with two attached hydrogens (primary N) is 1. The molecule has 46 heavy (non-hydrogen) atoms. The standard InChI is InChI=1S/C35H49N7O3S/c1-37-34(44)33(6-3-21-43)42-25-27-22-30(7-8-32(27)35(42)45)40-19-17-38(18-20-40)24-26-9-13-39(14-10-26)29-4-2-5-31(23-29)46-41-15-11-28(36)12-16-41/h2,4-5,7-8,21-23,26,28,33H,3,6,9-20,24-25,36H2,1H3,(H,37,44). The quantitative estimate of drug-likeness (QED) is 0.281. The van der Waals surface area contributed by atoms with E-state index >= 15 is 0 Å². The number of carbonyl (C=O) groups is 3. The van der Waals surface area contributed by atoms with E-state index < -0.39 is 6.04 Å². The summed E-state index contributed by atoms with van der Waals surface area (Å²) in [4.78, 5) is 47.2. The van der Waals surface area contributed by atoms with E-state index in [0.29, 0.717) is 24.6 Å². The van der Waals surface area contributed by atoms with E-state index in [2.05, 4.69) is 54.7 Å². The molecule has 0 radical (unpaired) electrons. The molecule has 3 N–H and O–H groups in total. The summed E-state index contributed by atoms with van der Waals surface area (Å²) in [5, 5.41) is 2.65. The van der Waals surface area contributed by atoms with Gasteiger partial charge in [-0.05, 0) is 91.9 Å². The lowest BCUT2D eigenvalue weighted by Gasteiger charge is -2.40. The number of nitrogens with one attached hydrogen (secondary N) is 1. The summed E-state index contributed by atoms with van der Waals surface area (Å²) in [6.07, 6.45) is 5.99. The normalized spacial score (nSPS) is 21.0. The maximum Gasteiger partial charge on any atom is 0.255 e. The van der Waals surface area contributed by atoms with Crippen LogP contribution in [0.5, 0.6) is 0 Å². The lowest BCUT2D eigenvalue weighted by Crippen LogP contribution is -2.49. The molecule has 4 aliphatic rings. The van der Waals surface area contributed by atoms with Gasteiger partial charge in [-0.15, -0.1) is 0 Å². The van der Waals surface area contributed by atoms with Crippen LogP contribution in [0.4, 0.5) is 11.4 Å². The summed E-state index contributed by atoms with van der Waals surface area (Å²) in [6, 6.07) is 14.8. The Balaban J connectivity index is 0.962. The Hall–Kier alpha value is -3.12. The molecule has 4 aliphatic heterocycles. The molecule has 11 heteroatoms. The zero-order valence-electron chi connectivity index (χ0n) is 27.1. The minimum atomic E-state index is -0.636. The molecular formula is C35H49N7O3S. The van der Waals surface area contributed by atoms with Crippen LogP contribution < -0.4 is 20.9 Å². The largest absolute Gasteiger partial charge is 0.371 e. The van der Waals surface area contributed by atoms with Gasteiger partial charge in [-0.3, -0.25) is 14.5 Å². The smallest absolute Gasteiger partial charge is 0.255 e. The lowest BCUT2D eigenvalue weighted by atomic mass is 9.95. The maximum absolute atomic E-state index is 13.2. The van der Waals surface area contributed by atoms with Gasteiger partial charge >= 0.3 is 0 Å². The Morgan fingerprint density at radius 3 is 2.39 bits per heavy atom. The van der Waals surface area contributed by atoms with Crippen LogP contribution in [0.25, 0.3) is 0 Å². The van der Waals surface area contributed by atoms with Crippen LogP contribution in [0, 0.1) is 5.92 Å². The number of nitrogens with zero attached hydrogens (tertiary/aromatic N) is 5. The van der Waals surface area contributed by atoms with Gasteiger partial charge in [-0.2, -0.15) is 0 Å². The van der Waals surface area contributed by atoms with E-state index in [1.807, 2.05) is 24.1 Å². The molecule has 4 heterocycles. The Morgan fingerprint density at radius 1 is 0.957 bits per heavy atom. The third kappa shape index (κ3) is 7.70. The van der Waals surface area contributed by atoms with Crippen molar-refractivity contribution in [2.45, 2.75) is 62.0 Å². The zero-order chi connectivity index (χ0) is 32.0. The van der Waals surface area contributed by atoms with E-state index in [1.54, 1.807) is 11.9 Å². The summed E-state index contributed by atoms with van der Waals surface area (Å²) >= 11 is 1.88. The fourth-order valence-corrected chi connectivity index (χ4v) is 8.38. The number of aldehydes is 1. The van der Waals surface area contributed by atoms with Gasteiger partial charge in [-0.25, -0.2) is 4.31 Å². The molecule has 2 amide bonds. The number of rotatable bonds is 11. The summed E-state index contributed by atoms with van der Waals surface area (Å²) in [6.45, 7) is 9.89. The molecule has 1 unspecified atom stereocenters. The van der Waals surface area contributed by atoms with Gasteiger partial charge in [0.25, 0.3) is 5.91 Å². The van der Waals surface area contributed by atoms with Crippen molar-refractivity contribution in [2.24, 2.45) is 11.7 Å². The highest BCUT2D eigenvalue weighted by Gasteiger charge is 2.36. The van der Waals surface area contributed by atoms with Gasteiger partial charge in [0, 0.05) is 107 Å². The molecule has 6 rings (SSSR count). The van der Waals surface area contributed by atoms with Gasteiger partial charge in [-0.1, -0.05) is 6.07 Å². The number of fused-ring (bicyclic) bond motifs is 1. The highest BCUT2D eigenvalue weighted by molar-refractivity contribution is 7.97. The number of piperazine rings is 1. The van der Waals surface area contributed by atoms with Gasteiger partial charge in [0.1, 0.15) is 12.3 Å². The molecule has 248 valence electrons. The Bertz CT molecular complexity index is 1370. The van der Waals surface area contributed by atoms with Crippen molar-refractivity contribution < 1.29 is 14.4 Å². The van der Waals surface area contributed by atoms with E-state index in [1.165, 1.54) is 23.4 Å². The molecule has 0 aromatic heterocycles. The summed E-state index contributed by atoms with van der Waals surface area (Å²) in [5.41, 5.74) is 10.2. The first kappa shape index (κ1) is 32.8. The molecular weight excluding hydrogens is 598 g/mol. The molecule has 0 spiro atoms.